The predicted molar refractivity (Wildman–Crippen MR) is 102 cm³/mol. The molecule has 2 aromatic heterocycles. The Morgan fingerprint density at radius 2 is 2.11 bits per heavy atom. The quantitative estimate of drug-likeness (QED) is 0.617. The number of H-pyrrole nitrogens is 1. The van der Waals surface area contributed by atoms with Crippen LogP contribution < -0.4 is 0 Å². The summed E-state index contributed by atoms with van der Waals surface area (Å²) in [6, 6.07) is 7.66. The van der Waals surface area contributed by atoms with Gasteiger partial charge in [-0.1, -0.05) is 31.1 Å². The Kier molecular flexibility index (Phi) is 4.39. The lowest BCUT2D eigenvalue weighted by Gasteiger charge is -2.17. The Bertz CT molecular complexity index is 983. The molecule has 1 aliphatic heterocycles. The second kappa shape index (κ2) is 6.86. The average molecular weight is 366 g/mol. The maximum Gasteiger partial charge on any atom is 0.226 e. The molecule has 0 bridgehead atoms. The number of aromatic amines is 1. The minimum absolute atomic E-state index is 0.166. The lowest BCUT2D eigenvalue weighted by molar-refractivity contribution is 0.336. The van der Waals surface area contributed by atoms with Gasteiger partial charge in [0.25, 0.3) is 0 Å². The average Bonchev–Trinajstić information content (AvgIpc) is 3.33. The highest BCUT2D eigenvalue weighted by atomic mass is 16.5. The molecule has 4 rings (SSSR count). The molecule has 0 fully saturated rings. The van der Waals surface area contributed by atoms with Crippen LogP contribution in [-0.4, -0.2) is 49.0 Å². The summed E-state index contributed by atoms with van der Waals surface area (Å²) < 4.78 is 5.25. The minimum atomic E-state index is 0.166. The van der Waals surface area contributed by atoms with Crippen LogP contribution in [0.25, 0.3) is 16.6 Å². The van der Waals surface area contributed by atoms with Crippen molar-refractivity contribution in [2.45, 2.75) is 32.6 Å². The van der Waals surface area contributed by atoms with E-state index in [1.54, 1.807) is 0 Å². The highest BCUT2D eigenvalue weighted by Gasteiger charge is 2.30. The first-order valence-corrected chi connectivity index (χ1v) is 9.06. The van der Waals surface area contributed by atoms with Gasteiger partial charge >= 0.3 is 0 Å². The van der Waals surface area contributed by atoms with Crippen molar-refractivity contribution in [1.29, 1.82) is 5.41 Å². The van der Waals surface area contributed by atoms with Crippen LogP contribution in [0, 0.1) is 5.41 Å². The zero-order chi connectivity index (χ0) is 19.0. The molecule has 1 aliphatic rings. The fourth-order valence-electron chi connectivity index (χ4n) is 3.17. The van der Waals surface area contributed by atoms with Gasteiger partial charge in [-0.05, 0) is 18.6 Å². The van der Waals surface area contributed by atoms with Gasteiger partial charge in [-0.25, -0.2) is 4.98 Å². The van der Waals surface area contributed by atoms with Crippen LogP contribution in [0.1, 0.15) is 43.7 Å². The molecule has 0 aliphatic carbocycles. The summed E-state index contributed by atoms with van der Waals surface area (Å²) in [5.74, 6) is 2.53. The normalized spacial score (nSPS) is 14.9. The number of benzene rings is 1. The van der Waals surface area contributed by atoms with Crippen LogP contribution in [0.15, 0.2) is 34.5 Å². The maximum atomic E-state index is 10.4. The lowest BCUT2D eigenvalue weighted by atomic mass is 10.2. The van der Waals surface area contributed by atoms with E-state index in [-0.39, 0.29) is 17.5 Å². The summed E-state index contributed by atoms with van der Waals surface area (Å²) in [6.45, 7) is 4.97. The molecule has 0 radical (unpaired) electrons. The number of hydrogen-bond donors (Lipinski definition) is 3. The van der Waals surface area contributed by atoms with Crippen LogP contribution in [0.2, 0.25) is 0 Å². The van der Waals surface area contributed by atoms with Crippen molar-refractivity contribution in [2.24, 2.45) is 0 Å². The van der Waals surface area contributed by atoms with Crippen molar-refractivity contribution in [3.63, 3.8) is 0 Å². The number of rotatable bonds is 6. The predicted octanol–water partition coefficient (Wildman–Crippen LogP) is 3.26. The number of aryl methyl sites for hydroxylation is 1. The van der Waals surface area contributed by atoms with Crippen molar-refractivity contribution >= 4 is 22.4 Å². The van der Waals surface area contributed by atoms with Crippen LogP contribution >= 0.6 is 0 Å². The molecule has 3 heterocycles. The topological polar surface area (TPSA) is 115 Å². The highest BCUT2D eigenvalue weighted by Crippen LogP contribution is 2.27. The number of para-hydroxylation sites is 2. The van der Waals surface area contributed by atoms with E-state index < -0.39 is 0 Å². The van der Waals surface area contributed by atoms with Crippen molar-refractivity contribution < 1.29 is 9.63 Å². The van der Waals surface area contributed by atoms with Gasteiger partial charge in [-0.15, -0.1) is 0 Å². The summed E-state index contributed by atoms with van der Waals surface area (Å²) in [7, 11) is 0. The van der Waals surface area contributed by atoms with Crippen LogP contribution in [0.5, 0.6) is 0 Å². The molecule has 0 saturated carbocycles. The Hall–Kier alpha value is -3.16. The fourth-order valence-corrected chi connectivity index (χ4v) is 3.17. The molecule has 140 valence electrons. The van der Waals surface area contributed by atoms with Crippen LogP contribution in [-0.2, 0) is 6.42 Å². The molecule has 0 spiro atoms. The monoisotopic (exact) mass is 366 g/mol. The van der Waals surface area contributed by atoms with Gasteiger partial charge in [0.2, 0.25) is 5.89 Å². The Morgan fingerprint density at radius 3 is 2.85 bits per heavy atom. The fraction of sp³-hybridized carbons (Fsp3) is 0.368. The van der Waals surface area contributed by atoms with E-state index in [0.29, 0.717) is 42.6 Å². The first kappa shape index (κ1) is 17.3. The Labute approximate surface area is 156 Å². The first-order valence-electron chi connectivity index (χ1n) is 9.06. The highest BCUT2D eigenvalue weighted by molar-refractivity contribution is 6.23. The van der Waals surface area contributed by atoms with Crippen molar-refractivity contribution in [3.05, 3.63) is 47.6 Å². The molecule has 0 atom stereocenters. The molecule has 0 unspecified atom stereocenters. The summed E-state index contributed by atoms with van der Waals surface area (Å²) in [4.78, 5) is 13.9. The standard InChI is InChI=1S/C19H22N6O2/c1-11(2)18-23-15(27-24-18)8-5-9-25-10-14(26)16(17(25)20)19-21-12-6-3-4-7-13(12)22-19/h3-4,6-7,11,20,26H,5,8-10H2,1-2H3,(H,21,22). The van der Waals surface area contributed by atoms with Gasteiger partial charge in [0.05, 0.1) is 23.2 Å². The number of hydrogen-bond acceptors (Lipinski definition) is 6. The molecule has 3 aromatic rings. The summed E-state index contributed by atoms with van der Waals surface area (Å²) in [6.07, 6.45) is 1.40. The molecule has 3 N–H and O–H groups in total. The van der Waals surface area contributed by atoms with E-state index >= 15 is 0 Å². The maximum absolute atomic E-state index is 10.4. The van der Waals surface area contributed by atoms with Crippen LogP contribution in [0.4, 0.5) is 0 Å². The number of nitrogens with zero attached hydrogens (tertiary/aromatic N) is 4. The molecular weight excluding hydrogens is 344 g/mol. The minimum Gasteiger partial charge on any atom is -0.510 e. The summed E-state index contributed by atoms with van der Waals surface area (Å²) in [5.41, 5.74) is 2.17. The SMILES string of the molecule is CC(C)c1noc(CCCN2CC(O)=C(c3nc4ccccc4[nH]3)C2=N)n1. The van der Waals surface area contributed by atoms with Gasteiger partial charge in [0.1, 0.15) is 17.4 Å². The third-order valence-electron chi connectivity index (χ3n) is 4.63. The van der Waals surface area contributed by atoms with E-state index in [1.165, 1.54) is 0 Å². The van der Waals surface area contributed by atoms with Gasteiger partial charge in [-0.3, -0.25) is 5.41 Å². The van der Waals surface area contributed by atoms with Gasteiger partial charge < -0.3 is 19.5 Å². The molecule has 8 nitrogen and oxygen atoms in total. The molecular formula is C19H22N6O2. The number of aliphatic hydroxyl groups is 1. The smallest absolute Gasteiger partial charge is 0.226 e. The van der Waals surface area contributed by atoms with Crippen molar-refractivity contribution in [1.82, 2.24) is 25.0 Å². The zero-order valence-corrected chi connectivity index (χ0v) is 15.4. The first-order chi connectivity index (χ1) is 13.0. The zero-order valence-electron chi connectivity index (χ0n) is 15.4. The molecule has 0 amide bonds. The molecule has 8 heteroatoms. The third-order valence-corrected chi connectivity index (χ3v) is 4.63. The second-order valence-electron chi connectivity index (χ2n) is 7.00. The van der Waals surface area contributed by atoms with E-state index in [0.717, 1.165) is 17.5 Å². The molecule has 27 heavy (non-hydrogen) atoms. The number of fused-ring (bicyclic) bond motifs is 1. The van der Waals surface area contributed by atoms with Gasteiger partial charge in [0.15, 0.2) is 5.82 Å². The number of amidine groups is 1. The van der Waals surface area contributed by atoms with E-state index in [2.05, 4.69) is 20.1 Å². The van der Waals surface area contributed by atoms with Crippen molar-refractivity contribution in [3.8, 4) is 0 Å². The molecule has 1 aromatic carbocycles. The number of imidazole rings is 1. The summed E-state index contributed by atoms with van der Waals surface area (Å²) >= 11 is 0. The van der Waals surface area contributed by atoms with E-state index in [1.807, 2.05) is 43.0 Å². The largest absolute Gasteiger partial charge is 0.510 e. The Morgan fingerprint density at radius 1 is 1.30 bits per heavy atom. The number of aliphatic hydroxyl groups excluding tert-OH is 1. The molecule has 0 saturated heterocycles. The third kappa shape index (κ3) is 3.30. The number of nitrogens with one attached hydrogen (secondary N) is 2. The van der Waals surface area contributed by atoms with Crippen LogP contribution in [0.3, 0.4) is 0 Å². The van der Waals surface area contributed by atoms with Gasteiger partial charge in [-0.2, -0.15) is 4.98 Å². The summed E-state index contributed by atoms with van der Waals surface area (Å²) in [5, 5.41) is 22.8. The van der Waals surface area contributed by atoms with Gasteiger partial charge in [0, 0.05) is 18.9 Å². The van der Waals surface area contributed by atoms with E-state index in [9.17, 15) is 5.11 Å². The lowest BCUT2D eigenvalue weighted by Crippen LogP contribution is -2.28. The van der Waals surface area contributed by atoms with Crippen molar-refractivity contribution in [2.75, 3.05) is 13.1 Å². The Balaban J connectivity index is 1.41. The second-order valence-corrected chi connectivity index (χ2v) is 7.00. The van der Waals surface area contributed by atoms with E-state index in [4.69, 9.17) is 9.93 Å². The number of aromatic nitrogens is 4.